The van der Waals surface area contributed by atoms with Gasteiger partial charge in [0.25, 0.3) is 0 Å². The van der Waals surface area contributed by atoms with E-state index >= 15 is 0 Å². The van der Waals surface area contributed by atoms with Gasteiger partial charge in [0.1, 0.15) is 5.75 Å². The Bertz CT molecular complexity index is 736. The molecule has 0 spiro atoms. The summed E-state index contributed by atoms with van der Waals surface area (Å²) >= 11 is 0. The Hall–Kier alpha value is -2.33. The minimum atomic E-state index is 0.00714. The maximum Gasteiger partial charge on any atom is 0.200 e. The van der Waals surface area contributed by atoms with E-state index in [1.807, 2.05) is 30.3 Å². The first-order valence-corrected chi connectivity index (χ1v) is 9.54. The van der Waals surface area contributed by atoms with E-state index in [0.717, 1.165) is 50.5 Å². The van der Waals surface area contributed by atoms with E-state index in [2.05, 4.69) is 36.2 Å². The van der Waals surface area contributed by atoms with Crippen molar-refractivity contribution < 1.29 is 9.53 Å². The second-order valence-corrected chi connectivity index (χ2v) is 6.61. The van der Waals surface area contributed by atoms with E-state index in [0.29, 0.717) is 5.56 Å². The van der Waals surface area contributed by atoms with E-state index in [1.165, 1.54) is 11.1 Å². The van der Waals surface area contributed by atoms with Crippen LogP contribution in [-0.2, 0) is 12.8 Å². The molecule has 0 aliphatic carbocycles. The number of hydrogen-bond donors (Lipinski definition) is 1. The molecule has 26 heavy (non-hydrogen) atoms. The normalized spacial score (nSPS) is 13.6. The third-order valence-corrected chi connectivity index (χ3v) is 5.01. The van der Waals surface area contributed by atoms with Gasteiger partial charge in [-0.3, -0.25) is 4.79 Å². The first-order chi connectivity index (χ1) is 12.7. The van der Waals surface area contributed by atoms with Crippen LogP contribution < -0.4 is 15.0 Å². The summed E-state index contributed by atoms with van der Waals surface area (Å²) in [6.07, 6.45) is 2.06. The fourth-order valence-corrected chi connectivity index (χ4v) is 3.42. The average molecular weight is 352 g/mol. The first kappa shape index (κ1) is 18.5. The molecule has 1 aliphatic heterocycles. The van der Waals surface area contributed by atoms with Crippen LogP contribution in [0.2, 0.25) is 0 Å². The second kappa shape index (κ2) is 8.86. The number of nitrogens with zero attached hydrogens (tertiary/aromatic N) is 1. The van der Waals surface area contributed by atoms with Crippen LogP contribution >= 0.6 is 0 Å². The summed E-state index contributed by atoms with van der Waals surface area (Å²) < 4.78 is 5.77. The Morgan fingerprint density at radius 1 is 1.00 bits per heavy atom. The standard InChI is InChI=1S/C22H28N2O2/c1-3-24(4-2)20-8-5-18(6-9-20)22(25)16-26-21-10-7-17-11-13-23-14-12-19(17)15-21/h5-10,15,23H,3-4,11-14,16H2,1-2H3. The predicted molar refractivity (Wildman–Crippen MR) is 107 cm³/mol. The van der Waals surface area contributed by atoms with Crippen molar-refractivity contribution in [3.05, 3.63) is 59.2 Å². The Kier molecular flexibility index (Phi) is 6.29. The summed E-state index contributed by atoms with van der Waals surface area (Å²) in [5, 5.41) is 3.41. The van der Waals surface area contributed by atoms with Crippen molar-refractivity contribution in [2.45, 2.75) is 26.7 Å². The first-order valence-electron chi connectivity index (χ1n) is 9.54. The van der Waals surface area contributed by atoms with Gasteiger partial charge in [-0.15, -0.1) is 0 Å². The van der Waals surface area contributed by atoms with E-state index in [-0.39, 0.29) is 12.4 Å². The molecule has 0 radical (unpaired) electrons. The summed E-state index contributed by atoms with van der Waals surface area (Å²) in [4.78, 5) is 14.7. The zero-order valence-corrected chi connectivity index (χ0v) is 15.8. The van der Waals surface area contributed by atoms with Crippen molar-refractivity contribution in [2.75, 3.05) is 37.7 Å². The van der Waals surface area contributed by atoms with Crippen LogP contribution in [0.4, 0.5) is 5.69 Å². The smallest absolute Gasteiger partial charge is 0.200 e. The molecule has 2 aromatic carbocycles. The Morgan fingerprint density at radius 2 is 1.69 bits per heavy atom. The lowest BCUT2D eigenvalue weighted by atomic mass is 10.0. The van der Waals surface area contributed by atoms with Crippen LogP contribution in [0, 0.1) is 0 Å². The topological polar surface area (TPSA) is 41.6 Å². The molecule has 138 valence electrons. The molecular formula is C22H28N2O2. The lowest BCUT2D eigenvalue weighted by molar-refractivity contribution is 0.0921. The highest BCUT2D eigenvalue weighted by molar-refractivity contribution is 5.97. The molecule has 4 nitrogen and oxygen atoms in total. The van der Waals surface area contributed by atoms with Gasteiger partial charge in [0.05, 0.1) is 0 Å². The highest BCUT2D eigenvalue weighted by Crippen LogP contribution is 2.21. The number of rotatable bonds is 7. The fraction of sp³-hybridized carbons (Fsp3) is 0.409. The number of anilines is 1. The summed E-state index contributed by atoms with van der Waals surface area (Å²) in [6, 6.07) is 14.0. The molecule has 1 heterocycles. The van der Waals surface area contributed by atoms with Crippen LogP contribution in [0.25, 0.3) is 0 Å². The molecule has 4 heteroatoms. The largest absolute Gasteiger partial charge is 0.485 e. The fourth-order valence-electron chi connectivity index (χ4n) is 3.42. The Morgan fingerprint density at radius 3 is 2.38 bits per heavy atom. The minimum Gasteiger partial charge on any atom is -0.485 e. The third kappa shape index (κ3) is 4.44. The number of benzene rings is 2. The van der Waals surface area contributed by atoms with E-state index < -0.39 is 0 Å². The van der Waals surface area contributed by atoms with Crippen LogP contribution in [0.5, 0.6) is 5.75 Å². The molecule has 0 saturated carbocycles. The van der Waals surface area contributed by atoms with Crippen LogP contribution in [0.3, 0.4) is 0 Å². The molecule has 0 saturated heterocycles. The molecule has 0 atom stereocenters. The van der Waals surface area contributed by atoms with E-state index in [9.17, 15) is 4.79 Å². The molecule has 0 unspecified atom stereocenters. The number of carbonyl (C=O) groups is 1. The zero-order valence-electron chi connectivity index (χ0n) is 15.8. The van der Waals surface area contributed by atoms with Crippen molar-refractivity contribution in [2.24, 2.45) is 0 Å². The van der Waals surface area contributed by atoms with Crippen molar-refractivity contribution in [3.8, 4) is 5.75 Å². The van der Waals surface area contributed by atoms with Gasteiger partial charge in [-0.05, 0) is 87.3 Å². The summed E-state index contributed by atoms with van der Waals surface area (Å²) in [5.41, 5.74) is 4.54. The van der Waals surface area contributed by atoms with Gasteiger partial charge < -0.3 is 15.0 Å². The molecule has 0 bridgehead atoms. The quantitative estimate of drug-likeness (QED) is 0.775. The summed E-state index contributed by atoms with van der Waals surface area (Å²) in [5.74, 6) is 0.784. The molecule has 0 fully saturated rings. The van der Waals surface area contributed by atoms with Gasteiger partial charge in [-0.25, -0.2) is 0 Å². The summed E-state index contributed by atoms with van der Waals surface area (Å²) in [7, 11) is 0. The van der Waals surface area contributed by atoms with Crippen molar-refractivity contribution in [1.29, 1.82) is 0 Å². The SMILES string of the molecule is CCN(CC)c1ccc(C(=O)COc2ccc3c(c2)CCNCC3)cc1. The Labute approximate surface area is 156 Å². The zero-order chi connectivity index (χ0) is 18.4. The maximum absolute atomic E-state index is 12.4. The average Bonchev–Trinajstić information content (AvgIpc) is 2.92. The number of ether oxygens (including phenoxy) is 1. The predicted octanol–water partition coefficient (Wildman–Crippen LogP) is 3.48. The number of fused-ring (bicyclic) bond motifs is 1. The number of nitrogens with one attached hydrogen (secondary N) is 1. The third-order valence-electron chi connectivity index (χ3n) is 5.01. The van der Waals surface area contributed by atoms with Gasteiger partial charge in [-0.1, -0.05) is 6.07 Å². The van der Waals surface area contributed by atoms with Crippen LogP contribution in [0.15, 0.2) is 42.5 Å². The van der Waals surface area contributed by atoms with Crippen LogP contribution in [-0.4, -0.2) is 38.6 Å². The molecule has 3 rings (SSSR count). The molecular weight excluding hydrogens is 324 g/mol. The molecule has 1 aliphatic rings. The van der Waals surface area contributed by atoms with Crippen molar-refractivity contribution in [1.82, 2.24) is 5.32 Å². The second-order valence-electron chi connectivity index (χ2n) is 6.61. The molecule has 0 amide bonds. The number of ketones is 1. The monoisotopic (exact) mass is 352 g/mol. The van der Waals surface area contributed by atoms with Gasteiger partial charge >= 0.3 is 0 Å². The number of carbonyl (C=O) groups excluding carboxylic acids is 1. The lowest BCUT2D eigenvalue weighted by Gasteiger charge is -2.21. The number of hydrogen-bond acceptors (Lipinski definition) is 4. The van der Waals surface area contributed by atoms with Crippen molar-refractivity contribution in [3.63, 3.8) is 0 Å². The van der Waals surface area contributed by atoms with Gasteiger partial charge in [0.2, 0.25) is 0 Å². The highest BCUT2D eigenvalue weighted by Gasteiger charge is 2.11. The minimum absolute atomic E-state index is 0.00714. The van der Waals surface area contributed by atoms with Crippen molar-refractivity contribution >= 4 is 11.5 Å². The summed E-state index contributed by atoms with van der Waals surface area (Å²) in [6.45, 7) is 8.27. The molecule has 1 N–H and O–H groups in total. The van der Waals surface area contributed by atoms with Crippen LogP contribution in [0.1, 0.15) is 35.3 Å². The lowest BCUT2D eigenvalue weighted by Crippen LogP contribution is -2.21. The van der Waals surface area contributed by atoms with E-state index in [4.69, 9.17) is 4.74 Å². The van der Waals surface area contributed by atoms with Gasteiger partial charge in [-0.2, -0.15) is 0 Å². The molecule has 2 aromatic rings. The maximum atomic E-state index is 12.4. The number of Topliss-reactive ketones (excluding diaryl/α,β-unsaturated/α-hetero) is 1. The molecule has 0 aromatic heterocycles. The van der Waals surface area contributed by atoms with Gasteiger partial charge in [0, 0.05) is 24.3 Å². The van der Waals surface area contributed by atoms with Gasteiger partial charge in [0.15, 0.2) is 12.4 Å². The van der Waals surface area contributed by atoms with E-state index in [1.54, 1.807) is 0 Å². The Balaban J connectivity index is 1.61. The highest BCUT2D eigenvalue weighted by atomic mass is 16.5.